The highest BCUT2D eigenvalue weighted by Gasteiger charge is 2.17. The molecule has 1 heterocycles. The third-order valence-corrected chi connectivity index (χ3v) is 4.72. The summed E-state index contributed by atoms with van der Waals surface area (Å²) in [5, 5.41) is 0.157. The SMILES string of the molecule is O=S(=O)(NCCOC1CCCC1)c1ccnc(Cl)c1. The molecule has 5 nitrogen and oxygen atoms in total. The van der Waals surface area contributed by atoms with Crippen molar-refractivity contribution in [1.82, 2.24) is 9.71 Å². The number of rotatable bonds is 6. The maximum Gasteiger partial charge on any atom is 0.240 e. The van der Waals surface area contributed by atoms with E-state index in [0.29, 0.717) is 12.7 Å². The minimum atomic E-state index is -3.53. The van der Waals surface area contributed by atoms with Gasteiger partial charge < -0.3 is 4.74 Å². The molecule has 1 saturated carbocycles. The highest BCUT2D eigenvalue weighted by atomic mass is 35.5. The van der Waals surface area contributed by atoms with Crippen LogP contribution in [0.3, 0.4) is 0 Å². The van der Waals surface area contributed by atoms with Crippen molar-refractivity contribution in [2.75, 3.05) is 13.2 Å². The average molecular weight is 305 g/mol. The van der Waals surface area contributed by atoms with Gasteiger partial charge in [-0.25, -0.2) is 18.1 Å². The molecule has 106 valence electrons. The van der Waals surface area contributed by atoms with Gasteiger partial charge in [0.05, 0.1) is 17.6 Å². The molecule has 1 fully saturated rings. The maximum absolute atomic E-state index is 11.9. The number of nitrogens with one attached hydrogen (secondary N) is 1. The van der Waals surface area contributed by atoms with Crippen molar-refractivity contribution in [1.29, 1.82) is 0 Å². The molecule has 0 amide bonds. The average Bonchev–Trinajstić information content (AvgIpc) is 2.88. The molecule has 0 aromatic carbocycles. The van der Waals surface area contributed by atoms with Crippen molar-refractivity contribution in [2.24, 2.45) is 0 Å². The first-order chi connectivity index (χ1) is 9.08. The second-order valence-electron chi connectivity index (χ2n) is 4.49. The van der Waals surface area contributed by atoms with Crippen LogP contribution in [0.1, 0.15) is 25.7 Å². The molecule has 19 heavy (non-hydrogen) atoms. The van der Waals surface area contributed by atoms with Gasteiger partial charge in [-0.2, -0.15) is 0 Å². The van der Waals surface area contributed by atoms with Crippen LogP contribution in [0.5, 0.6) is 0 Å². The minimum Gasteiger partial charge on any atom is -0.377 e. The number of sulfonamides is 1. The Morgan fingerprint density at radius 1 is 1.42 bits per heavy atom. The van der Waals surface area contributed by atoms with Crippen LogP contribution in [0.2, 0.25) is 5.15 Å². The van der Waals surface area contributed by atoms with Gasteiger partial charge in [0, 0.05) is 12.7 Å². The molecule has 0 radical (unpaired) electrons. The highest BCUT2D eigenvalue weighted by Crippen LogP contribution is 2.20. The normalized spacial score (nSPS) is 16.9. The lowest BCUT2D eigenvalue weighted by Crippen LogP contribution is -2.28. The van der Waals surface area contributed by atoms with Crippen molar-refractivity contribution in [2.45, 2.75) is 36.7 Å². The Morgan fingerprint density at radius 2 is 2.16 bits per heavy atom. The van der Waals surface area contributed by atoms with E-state index in [1.165, 1.54) is 31.2 Å². The Hall–Kier alpha value is -0.690. The fourth-order valence-electron chi connectivity index (χ4n) is 2.09. The van der Waals surface area contributed by atoms with Crippen LogP contribution in [0.15, 0.2) is 23.2 Å². The predicted octanol–water partition coefficient (Wildman–Crippen LogP) is 1.97. The lowest BCUT2D eigenvalue weighted by Gasteiger charge is -2.11. The number of pyridine rings is 1. The van der Waals surface area contributed by atoms with E-state index in [1.54, 1.807) is 0 Å². The topological polar surface area (TPSA) is 68.3 Å². The van der Waals surface area contributed by atoms with Gasteiger partial charge in [-0.1, -0.05) is 24.4 Å². The fraction of sp³-hybridized carbons (Fsp3) is 0.583. The summed E-state index contributed by atoms with van der Waals surface area (Å²) < 4.78 is 31.9. The Bertz CT molecular complexity index is 515. The molecular formula is C12H17ClN2O3S. The highest BCUT2D eigenvalue weighted by molar-refractivity contribution is 7.89. The number of halogens is 1. The summed E-state index contributed by atoms with van der Waals surface area (Å²) in [5.74, 6) is 0. The van der Waals surface area contributed by atoms with E-state index in [2.05, 4.69) is 9.71 Å². The van der Waals surface area contributed by atoms with Crippen molar-refractivity contribution >= 4 is 21.6 Å². The molecule has 1 aliphatic carbocycles. The zero-order valence-electron chi connectivity index (χ0n) is 10.5. The second kappa shape index (κ2) is 6.65. The standard InChI is InChI=1S/C12H17ClN2O3S/c13-12-9-11(5-6-14-12)19(16,17)15-7-8-18-10-3-1-2-4-10/h5-6,9-10,15H,1-4,7-8H2. The van der Waals surface area contributed by atoms with Gasteiger partial charge in [-0.3, -0.25) is 0 Å². The summed E-state index contributed by atoms with van der Waals surface area (Å²) >= 11 is 5.67. The van der Waals surface area contributed by atoms with Crippen molar-refractivity contribution in [3.63, 3.8) is 0 Å². The van der Waals surface area contributed by atoms with Crippen molar-refractivity contribution < 1.29 is 13.2 Å². The van der Waals surface area contributed by atoms with Gasteiger partial charge in [-0.05, 0) is 25.0 Å². The van der Waals surface area contributed by atoms with E-state index in [-0.39, 0.29) is 16.6 Å². The molecule has 0 aliphatic heterocycles. The number of ether oxygens (including phenoxy) is 1. The third kappa shape index (κ3) is 4.42. The lowest BCUT2D eigenvalue weighted by atomic mass is 10.3. The molecule has 0 spiro atoms. The van der Waals surface area contributed by atoms with Crippen LogP contribution in [0.4, 0.5) is 0 Å². The second-order valence-corrected chi connectivity index (χ2v) is 6.64. The summed E-state index contributed by atoms with van der Waals surface area (Å²) in [4.78, 5) is 3.87. The molecule has 1 N–H and O–H groups in total. The van der Waals surface area contributed by atoms with Crippen LogP contribution < -0.4 is 4.72 Å². The van der Waals surface area contributed by atoms with Gasteiger partial charge in [-0.15, -0.1) is 0 Å². The maximum atomic E-state index is 11.9. The molecule has 2 rings (SSSR count). The summed E-state index contributed by atoms with van der Waals surface area (Å²) in [5.41, 5.74) is 0. The summed E-state index contributed by atoms with van der Waals surface area (Å²) in [6.45, 7) is 0.654. The smallest absolute Gasteiger partial charge is 0.240 e. The first-order valence-corrected chi connectivity index (χ1v) is 8.17. The van der Waals surface area contributed by atoms with E-state index in [4.69, 9.17) is 16.3 Å². The summed E-state index contributed by atoms with van der Waals surface area (Å²) in [7, 11) is -3.53. The largest absolute Gasteiger partial charge is 0.377 e. The lowest BCUT2D eigenvalue weighted by molar-refractivity contribution is 0.0626. The molecule has 1 aromatic heterocycles. The molecule has 0 atom stereocenters. The Balaban J connectivity index is 1.80. The number of hydrogen-bond acceptors (Lipinski definition) is 4. The van der Waals surface area contributed by atoms with E-state index in [0.717, 1.165) is 12.8 Å². The number of nitrogens with zero attached hydrogens (tertiary/aromatic N) is 1. The van der Waals surface area contributed by atoms with Crippen LogP contribution >= 0.6 is 11.6 Å². The third-order valence-electron chi connectivity index (χ3n) is 3.06. The molecule has 7 heteroatoms. The van der Waals surface area contributed by atoms with E-state index in [9.17, 15) is 8.42 Å². The van der Waals surface area contributed by atoms with Gasteiger partial charge in [0.2, 0.25) is 10.0 Å². The van der Waals surface area contributed by atoms with Gasteiger partial charge in [0.25, 0.3) is 0 Å². The van der Waals surface area contributed by atoms with Gasteiger partial charge in [0.1, 0.15) is 5.15 Å². The van der Waals surface area contributed by atoms with Crippen LogP contribution in [-0.2, 0) is 14.8 Å². The Labute approximate surface area is 118 Å². The van der Waals surface area contributed by atoms with E-state index < -0.39 is 10.0 Å². The quantitative estimate of drug-likeness (QED) is 0.644. The molecule has 0 bridgehead atoms. The zero-order valence-corrected chi connectivity index (χ0v) is 12.1. The van der Waals surface area contributed by atoms with E-state index in [1.807, 2.05) is 0 Å². The Morgan fingerprint density at radius 3 is 2.84 bits per heavy atom. The monoisotopic (exact) mass is 304 g/mol. The molecule has 1 aliphatic rings. The first-order valence-electron chi connectivity index (χ1n) is 6.31. The van der Waals surface area contributed by atoms with Crippen molar-refractivity contribution in [3.05, 3.63) is 23.5 Å². The summed E-state index contributed by atoms with van der Waals surface area (Å²) in [6, 6.07) is 2.73. The Kier molecular flexibility index (Phi) is 5.15. The number of hydrogen-bond donors (Lipinski definition) is 1. The molecule has 0 unspecified atom stereocenters. The van der Waals surface area contributed by atoms with Crippen LogP contribution in [0, 0.1) is 0 Å². The predicted molar refractivity (Wildman–Crippen MR) is 72.6 cm³/mol. The molecule has 1 aromatic rings. The van der Waals surface area contributed by atoms with Crippen molar-refractivity contribution in [3.8, 4) is 0 Å². The van der Waals surface area contributed by atoms with Crippen LogP contribution in [-0.4, -0.2) is 32.7 Å². The van der Waals surface area contributed by atoms with Gasteiger partial charge >= 0.3 is 0 Å². The minimum absolute atomic E-state index is 0.119. The molecule has 0 saturated heterocycles. The van der Waals surface area contributed by atoms with Crippen LogP contribution in [0.25, 0.3) is 0 Å². The summed E-state index contributed by atoms with van der Waals surface area (Å²) in [6.07, 6.45) is 6.21. The van der Waals surface area contributed by atoms with E-state index >= 15 is 0 Å². The van der Waals surface area contributed by atoms with Gasteiger partial charge in [0.15, 0.2) is 0 Å². The number of aromatic nitrogens is 1. The molecular weight excluding hydrogens is 288 g/mol. The first kappa shape index (κ1) is 14.7. The zero-order chi connectivity index (χ0) is 13.7. The fourth-order valence-corrected chi connectivity index (χ4v) is 3.36.